The summed E-state index contributed by atoms with van der Waals surface area (Å²) < 4.78 is 1.88. The summed E-state index contributed by atoms with van der Waals surface area (Å²) in [7, 11) is 0. The smallest absolute Gasteiger partial charge is 0.242 e. The fraction of sp³-hybridized carbons (Fsp3) is 0.522. The topological polar surface area (TPSA) is 70.5 Å². The lowest BCUT2D eigenvalue weighted by Crippen LogP contribution is -2.54. The van der Waals surface area contributed by atoms with Gasteiger partial charge in [-0.25, -0.2) is 4.68 Å². The summed E-state index contributed by atoms with van der Waals surface area (Å²) in [5.74, 6) is -0.0287. The molecule has 1 aromatic heterocycles. The molecule has 1 aromatic carbocycles. The van der Waals surface area contributed by atoms with Gasteiger partial charge >= 0.3 is 0 Å². The van der Waals surface area contributed by atoms with E-state index in [4.69, 9.17) is 5.10 Å². The number of benzene rings is 1. The van der Waals surface area contributed by atoms with E-state index >= 15 is 0 Å². The van der Waals surface area contributed by atoms with E-state index < -0.39 is 6.04 Å². The molecule has 162 valence electrons. The molecule has 1 aliphatic rings. The number of carbonyl (C=O) groups excluding carboxylic acids is 2. The molecular weight excluding hydrogens is 378 g/mol. The van der Waals surface area contributed by atoms with Crippen molar-refractivity contribution in [1.29, 1.82) is 0 Å². The SMILES string of the molecule is Cc1nn(-c2ccccc2)c(C)c1C1C(=O)NCCN1CC(=O)N(C(C)C)C(C)C. The zero-order chi connectivity index (χ0) is 22.0. The molecule has 0 bridgehead atoms. The van der Waals surface area contributed by atoms with Gasteiger partial charge in [0.2, 0.25) is 11.8 Å². The van der Waals surface area contributed by atoms with Gasteiger partial charge in [-0.05, 0) is 53.7 Å². The second-order valence-corrected chi connectivity index (χ2v) is 8.48. The van der Waals surface area contributed by atoms with Gasteiger partial charge in [0.05, 0.1) is 17.9 Å². The normalized spacial score (nSPS) is 17.5. The fourth-order valence-electron chi connectivity index (χ4n) is 4.50. The predicted octanol–water partition coefficient (Wildman–Crippen LogP) is 2.61. The number of aryl methyl sites for hydroxylation is 1. The van der Waals surface area contributed by atoms with Crippen molar-refractivity contribution in [3.63, 3.8) is 0 Å². The van der Waals surface area contributed by atoms with Crippen LogP contribution in [-0.4, -0.2) is 63.1 Å². The molecule has 1 saturated heterocycles. The Bertz CT molecular complexity index is 896. The van der Waals surface area contributed by atoms with Crippen molar-refractivity contribution in [3.05, 3.63) is 47.3 Å². The van der Waals surface area contributed by atoms with Crippen LogP contribution < -0.4 is 5.32 Å². The predicted molar refractivity (Wildman–Crippen MR) is 117 cm³/mol. The van der Waals surface area contributed by atoms with Crippen molar-refractivity contribution < 1.29 is 9.59 Å². The van der Waals surface area contributed by atoms with Gasteiger partial charge in [-0.1, -0.05) is 18.2 Å². The van der Waals surface area contributed by atoms with Crippen LogP contribution in [0.4, 0.5) is 0 Å². The number of amides is 2. The minimum atomic E-state index is -0.527. The minimum absolute atomic E-state index is 0.0467. The quantitative estimate of drug-likeness (QED) is 0.793. The van der Waals surface area contributed by atoms with Gasteiger partial charge in [0.1, 0.15) is 6.04 Å². The van der Waals surface area contributed by atoms with Gasteiger partial charge in [-0.2, -0.15) is 5.10 Å². The molecule has 2 amide bonds. The highest BCUT2D eigenvalue weighted by Crippen LogP contribution is 2.30. The van der Waals surface area contributed by atoms with Crippen LogP contribution in [0.5, 0.6) is 0 Å². The summed E-state index contributed by atoms with van der Waals surface area (Å²) in [5, 5.41) is 7.68. The van der Waals surface area contributed by atoms with Crippen LogP contribution in [0.15, 0.2) is 30.3 Å². The molecule has 0 radical (unpaired) electrons. The summed E-state index contributed by atoms with van der Waals surface area (Å²) in [6.07, 6.45) is 0. The molecule has 7 heteroatoms. The summed E-state index contributed by atoms with van der Waals surface area (Å²) in [4.78, 5) is 29.9. The highest BCUT2D eigenvalue weighted by atomic mass is 16.2. The fourth-order valence-corrected chi connectivity index (χ4v) is 4.50. The molecule has 0 saturated carbocycles. The number of para-hydroxylation sites is 1. The molecule has 3 rings (SSSR count). The number of aromatic nitrogens is 2. The molecule has 30 heavy (non-hydrogen) atoms. The first-order valence-corrected chi connectivity index (χ1v) is 10.7. The molecule has 2 aromatic rings. The van der Waals surface area contributed by atoms with Crippen molar-refractivity contribution >= 4 is 11.8 Å². The van der Waals surface area contributed by atoms with Gasteiger partial charge in [0.25, 0.3) is 0 Å². The number of carbonyl (C=O) groups is 2. The minimum Gasteiger partial charge on any atom is -0.353 e. The number of hydrogen-bond donors (Lipinski definition) is 1. The van der Waals surface area contributed by atoms with Crippen LogP contribution in [0.3, 0.4) is 0 Å². The lowest BCUT2D eigenvalue weighted by Gasteiger charge is -2.38. The second kappa shape index (κ2) is 9.00. The maximum absolute atomic E-state index is 13.1. The summed E-state index contributed by atoms with van der Waals surface area (Å²) in [6.45, 7) is 13.4. The van der Waals surface area contributed by atoms with E-state index in [0.717, 1.165) is 22.6 Å². The lowest BCUT2D eigenvalue weighted by molar-refractivity contribution is -0.139. The Labute approximate surface area is 179 Å². The van der Waals surface area contributed by atoms with E-state index in [9.17, 15) is 9.59 Å². The molecule has 0 aliphatic carbocycles. The third kappa shape index (κ3) is 4.26. The van der Waals surface area contributed by atoms with E-state index in [2.05, 4.69) is 5.32 Å². The van der Waals surface area contributed by atoms with Gasteiger partial charge < -0.3 is 10.2 Å². The zero-order valence-corrected chi connectivity index (χ0v) is 18.8. The standard InChI is InChI=1S/C23H33N5O2/c1-15(2)27(16(3)4)20(29)14-26-13-12-24-23(30)22(26)21-17(5)25-28(18(21)6)19-10-8-7-9-11-19/h7-11,15-16,22H,12-14H2,1-6H3,(H,24,30). The number of hydrogen-bond acceptors (Lipinski definition) is 4. The average molecular weight is 412 g/mol. The van der Waals surface area contributed by atoms with Gasteiger partial charge in [-0.3, -0.25) is 14.5 Å². The van der Waals surface area contributed by atoms with Crippen LogP contribution in [0.2, 0.25) is 0 Å². The van der Waals surface area contributed by atoms with Crippen LogP contribution in [-0.2, 0) is 9.59 Å². The van der Waals surface area contributed by atoms with E-state index in [1.54, 1.807) is 0 Å². The molecule has 1 N–H and O–H groups in total. The zero-order valence-electron chi connectivity index (χ0n) is 18.8. The van der Waals surface area contributed by atoms with Crippen LogP contribution >= 0.6 is 0 Å². The first kappa shape index (κ1) is 22.0. The molecular formula is C23H33N5O2. The lowest BCUT2D eigenvalue weighted by atomic mass is 10.00. The van der Waals surface area contributed by atoms with Gasteiger partial charge in [-0.15, -0.1) is 0 Å². The van der Waals surface area contributed by atoms with E-state index in [1.165, 1.54) is 0 Å². The number of nitrogens with zero attached hydrogens (tertiary/aromatic N) is 4. The largest absolute Gasteiger partial charge is 0.353 e. The molecule has 7 nitrogen and oxygen atoms in total. The van der Waals surface area contributed by atoms with Gasteiger partial charge in [0, 0.05) is 36.4 Å². The van der Waals surface area contributed by atoms with E-state index in [-0.39, 0.29) is 30.4 Å². The maximum atomic E-state index is 13.1. The van der Waals surface area contributed by atoms with Crippen molar-refractivity contribution in [2.75, 3.05) is 19.6 Å². The van der Waals surface area contributed by atoms with Crippen molar-refractivity contribution in [3.8, 4) is 5.69 Å². The molecule has 1 aliphatic heterocycles. The van der Waals surface area contributed by atoms with Crippen LogP contribution in [0.1, 0.15) is 50.7 Å². The molecule has 1 fully saturated rings. The van der Waals surface area contributed by atoms with Crippen molar-refractivity contribution in [2.45, 2.75) is 59.7 Å². The van der Waals surface area contributed by atoms with Crippen molar-refractivity contribution in [2.24, 2.45) is 0 Å². The first-order valence-electron chi connectivity index (χ1n) is 10.7. The molecule has 1 unspecified atom stereocenters. The number of piperazine rings is 1. The van der Waals surface area contributed by atoms with Gasteiger partial charge in [0.15, 0.2) is 0 Å². The third-order valence-electron chi connectivity index (χ3n) is 5.67. The molecule has 1 atom stereocenters. The molecule has 0 spiro atoms. The summed E-state index contributed by atoms with van der Waals surface area (Å²) >= 11 is 0. The number of rotatable bonds is 6. The first-order chi connectivity index (χ1) is 14.2. The highest BCUT2D eigenvalue weighted by Gasteiger charge is 2.37. The summed E-state index contributed by atoms with van der Waals surface area (Å²) in [5.41, 5.74) is 3.56. The second-order valence-electron chi connectivity index (χ2n) is 8.48. The Morgan fingerprint density at radius 3 is 2.40 bits per heavy atom. The van der Waals surface area contributed by atoms with Crippen molar-refractivity contribution in [1.82, 2.24) is 24.9 Å². The Hall–Kier alpha value is -2.67. The summed E-state index contributed by atoms with van der Waals surface area (Å²) in [6, 6.07) is 9.59. The van der Waals surface area contributed by atoms with Crippen LogP contribution in [0, 0.1) is 13.8 Å². The Morgan fingerprint density at radius 1 is 1.17 bits per heavy atom. The maximum Gasteiger partial charge on any atom is 0.242 e. The Kier molecular flexibility index (Phi) is 6.61. The molecule has 2 heterocycles. The van der Waals surface area contributed by atoms with E-state index in [0.29, 0.717) is 13.1 Å². The Morgan fingerprint density at radius 2 is 1.80 bits per heavy atom. The number of nitrogens with one attached hydrogen (secondary N) is 1. The third-order valence-corrected chi connectivity index (χ3v) is 5.67. The monoisotopic (exact) mass is 411 g/mol. The Balaban J connectivity index is 1.95. The highest BCUT2D eigenvalue weighted by molar-refractivity contribution is 5.86. The average Bonchev–Trinajstić information content (AvgIpc) is 2.96. The van der Waals surface area contributed by atoms with Crippen LogP contribution in [0.25, 0.3) is 5.69 Å². The van der Waals surface area contributed by atoms with E-state index in [1.807, 2.05) is 86.4 Å².